The van der Waals surface area contributed by atoms with Crippen LogP contribution >= 0.6 is 0 Å². The fraction of sp³-hybridized carbons (Fsp3) is 0.545. The molecule has 1 aliphatic heterocycles. The standard InChI is InChI=1S/C11H15FN2O/c1-8-11(2,4-6-15-8)14-9-3-5-13-10(12)7-9/h3,5,7-8H,4,6H2,1-2H3,(H,13,14). The third kappa shape index (κ3) is 2.09. The summed E-state index contributed by atoms with van der Waals surface area (Å²) in [6.07, 6.45) is 2.52. The first-order valence-electron chi connectivity index (χ1n) is 5.11. The topological polar surface area (TPSA) is 34.1 Å². The molecular weight excluding hydrogens is 195 g/mol. The quantitative estimate of drug-likeness (QED) is 0.760. The van der Waals surface area contributed by atoms with Crippen LogP contribution in [0.3, 0.4) is 0 Å². The molecule has 3 nitrogen and oxygen atoms in total. The highest BCUT2D eigenvalue weighted by Gasteiger charge is 2.36. The number of ether oxygens (including phenoxy) is 1. The Kier molecular flexibility index (Phi) is 2.61. The molecule has 1 N–H and O–H groups in total. The predicted molar refractivity (Wildman–Crippen MR) is 56.3 cm³/mol. The largest absolute Gasteiger partial charge is 0.377 e. The number of hydrogen-bond donors (Lipinski definition) is 1. The molecular formula is C11H15FN2O. The lowest BCUT2D eigenvalue weighted by Crippen LogP contribution is -2.41. The molecule has 0 aromatic carbocycles. The van der Waals surface area contributed by atoms with Crippen LogP contribution in [-0.4, -0.2) is 23.2 Å². The van der Waals surface area contributed by atoms with Gasteiger partial charge in [-0.1, -0.05) is 0 Å². The first-order chi connectivity index (χ1) is 7.10. The average molecular weight is 210 g/mol. The lowest BCUT2D eigenvalue weighted by atomic mass is 9.94. The lowest BCUT2D eigenvalue weighted by molar-refractivity contribution is 0.105. The fourth-order valence-corrected chi connectivity index (χ4v) is 1.81. The molecule has 2 rings (SSSR count). The van der Waals surface area contributed by atoms with Crippen molar-refractivity contribution >= 4 is 5.69 Å². The van der Waals surface area contributed by atoms with Crippen molar-refractivity contribution in [2.45, 2.75) is 31.9 Å². The van der Waals surface area contributed by atoms with E-state index in [1.165, 1.54) is 12.3 Å². The highest BCUT2D eigenvalue weighted by molar-refractivity contribution is 5.44. The zero-order valence-corrected chi connectivity index (χ0v) is 8.96. The number of pyridine rings is 1. The molecule has 0 bridgehead atoms. The number of rotatable bonds is 2. The van der Waals surface area contributed by atoms with E-state index in [1.54, 1.807) is 6.07 Å². The number of halogens is 1. The summed E-state index contributed by atoms with van der Waals surface area (Å²) >= 11 is 0. The van der Waals surface area contributed by atoms with Crippen molar-refractivity contribution in [2.75, 3.05) is 11.9 Å². The van der Waals surface area contributed by atoms with Crippen LogP contribution in [0.4, 0.5) is 10.1 Å². The van der Waals surface area contributed by atoms with Crippen LogP contribution in [0.1, 0.15) is 20.3 Å². The highest BCUT2D eigenvalue weighted by Crippen LogP contribution is 2.29. The summed E-state index contributed by atoms with van der Waals surface area (Å²) in [5.74, 6) is -0.463. The Hall–Kier alpha value is -1.16. The van der Waals surface area contributed by atoms with Gasteiger partial charge in [0.25, 0.3) is 0 Å². The van der Waals surface area contributed by atoms with E-state index in [2.05, 4.69) is 17.2 Å². The van der Waals surface area contributed by atoms with Crippen LogP contribution < -0.4 is 5.32 Å². The molecule has 1 saturated heterocycles. The fourth-order valence-electron chi connectivity index (χ4n) is 1.81. The summed E-state index contributed by atoms with van der Waals surface area (Å²) in [5, 5.41) is 3.30. The van der Waals surface area contributed by atoms with Gasteiger partial charge < -0.3 is 10.1 Å². The molecule has 2 heterocycles. The molecule has 1 aromatic rings. The molecule has 1 aliphatic rings. The van der Waals surface area contributed by atoms with Gasteiger partial charge in [0.05, 0.1) is 11.6 Å². The van der Waals surface area contributed by atoms with E-state index in [9.17, 15) is 4.39 Å². The van der Waals surface area contributed by atoms with Crippen molar-refractivity contribution in [3.05, 3.63) is 24.3 Å². The van der Waals surface area contributed by atoms with Gasteiger partial charge in [0.15, 0.2) is 0 Å². The van der Waals surface area contributed by atoms with Crippen LogP contribution in [0.2, 0.25) is 0 Å². The molecule has 0 radical (unpaired) electrons. The minimum Gasteiger partial charge on any atom is -0.377 e. The smallest absolute Gasteiger partial charge is 0.214 e. The molecule has 0 spiro atoms. The summed E-state index contributed by atoms with van der Waals surface area (Å²) in [4.78, 5) is 3.52. The second-order valence-corrected chi connectivity index (χ2v) is 4.17. The van der Waals surface area contributed by atoms with E-state index in [0.717, 1.165) is 18.7 Å². The molecule has 2 unspecified atom stereocenters. The van der Waals surface area contributed by atoms with Crippen molar-refractivity contribution in [1.82, 2.24) is 4.98 Å². The van der Waals surface area contributed by atoms with Gasteiger partial charge in [-0.25, -0.2) is 4.98 Å². The summed E-state index contributed by atoms with van der Waals surface area (Å²) < 4.78 is 18.4. The molecule has 0 amide bonds. The van der Waals surface area contributed by atoms with E-state index in [4.69, 9.17) is 4.74 Å². The maximum absolute atomic E-state index is 12.9. The molecule has 0 saturated carbocycles. The molecule has 0 aliphatic carbocycles. The number of hydrogen-bond acceptors (Lipinski definition) is 3. The van der Waals surface area contributed by atoms with E-state index >= 15 is 0 Å². The van der Waals surface area contributed by atoms with Crippen molar-refractivity contribution < 1.29 is 9.13 Å². The maximum Gasteiger partial charge on any atom is 0.214 e. The van der Waals surface area contributed by atoms with Crippen LogP contribution in [0.25, 0.3) is 0 Å². The van der Waals surface area contributed by atoms with Gasteiger partial charge in [0.2, 0.25) is 5.95 Å². The highest BCUT2D eigenvalue weighted by atomic mass is 19.1. The van der Waals surface area contributed by atoms with Crippen molar-refractivity contribution in [3.8, 4) is 0 Å². The number of anilines is 1. The van der Waals surface area contributed by atoms with E-state index in [1.807, 2.05) is 6.92 Å². The molecule has 1 aromatic heterocycles. The van der Waals surface area contributed by atoms with Gasteiger partial charge >= 0.3 is 0 Å². The van der Waals surface area contributed by atoms with Gasteiger partial charge in [0.1, 0.15) is 0 Å². The van der Waals surface area contributed by atoms with Crippen LogP contribution in [0.15, 0.2) is 18.3 Å². The summed E-state index contributed by atoms with van der Waals surface area (Å²) in [6, 6.07) is 3.16. The Morgan fingerprint density at radius 2 is 2.47 bits per heavy atom. The van der Waals surface area contributed by atoms with Gasteiger partial charge in [-0.15, -0.1) is 0 Å². The molecule has 82 valence electrons. The molecule has 4 heteroatoms. The monoisotopic (exact) mass is 210 g/mol. The SMILES string of the molecule is CC1OCCC1(C)Nc1ccnc(F)c1. The zero-order chi connectivity index (χ0) is 10.9. The van der Waals surface area contributed by atoms with E-state index < -0.39 is 5.95 Å². The number of nitrogens with zero attached hydrogens (tertiary/aromatic N) is 1. The van der Waals surface area contributed by atoms with Gasteiger partial charge in [-0.05, 0) is 26.3 Å². The van der Waals surface area contributed by atoms with Gasteiger partial charge in [-0.2, -0.15) is 4.39 Å². The van der Waals surface area contributed by atoms with Gasteiger partial charge in [0, 0.05) is 24.6 Å². The zero-order valence-electron chi connectivity index (χ0n) is 8.96. The van der Waals surface area contributed by atoms with Crippen LogP contribution in [0, 0.1) is 5.95 Å². The molecule has 15 heavy (non-hydrogen) atoms. The summed E-state index contributed by atoms with van der Waals surface area (Å²) in [6.45, 7) is 4.86. The van der Waals surface area contributed by atoms with Crippen LogP contribution in [0.5, 0.6) is 0 Å². The minimum absolute atomic E-state index is 0.117. The average Bonchev–Trinajstić information content (AvgIpc) is 2.47. The summed E-state index contributed by atoms with van der Waals surface area (Å²) in [7, 11) is 0. The van der Waals surface area contributed by atoms with Crippen molar-refractivity contribution in [3.63, 3.8) is 0 Å². The maximum atomic E-state index is 12.9. The lowest BCUT2D eigenvalue weighted by Gasteiger charge is -2.30. The first kappa shape index (κ1) is 10.4. The number of aromatic nitrogens is 1. The van der Waals surface area contributed by atoms with E-state index in [0.29, 0.717) is 0 Å². The van der Waals surface area contributed by atoms with Gasteiger partial charge in [-0.3, -0.25) is 0 Å². The third-order valence-corrected chi connectivity index (χ3v) is 3.04. The second-order valence-electron chi connectivity index (χ2n) is 4.17. The normalized spacial score (nSPS) is 30.5. The van der Waals surface area contributed by atoms with Crippen LogP contribution in [-0.2, 0) is 4.74 Å². The second kappa shape index (κ2) is 3.77. The Bertz CT molecular complexity index is 358. The molecule has 2 atom stereocenters. The van der Waals surface area contributed by atoms with Crippen molar-refractivity contribution in [2.24, 2.45) is 0 Å². The third-order valence-electron chi connectivity index (χ3n) is 3.04. The summed E-state index contributed by atoms with van der Waals surface area (Å²) in [5.41, 5.74) is 0.635. The minimum atomic E-state index is -0.463. The Morgan fingerprint density at radius 1 is 1.67 bits per heavy atom. The van der Waals surface area contributed by atoms with Crippen molar-refractivity contribution in [1.29, 1.82) is 0 Å². The Balaban J connectivity index is 2.14. The predicted octanol–water partition coefficient (Wildman–Crippen LogP) is 2.20. The number of nitrogens with one attached hydrogen (secondary N) is 1. The molecule has 1 fully saturated rings. The van der Waals surface area contributed by atoms with E-state index in [-0.39, 0.29) is 11.6 Å². The Morgan fingerprint density at radius 3 is 3.07 bits per heavy atom. The Labute approximate surface area is 88.7 Å². The first-order valence-corrected chi connectivity index (χ1v) is 5.11.